The van der Waals surface area contributed by atoms with Crippen LogP contribution in [-0.2, 0) is 4.74 Å². The van der Waals surface area contributed by atoms with Crippen molar-refractivity contribution in [2.24, 2.45) is 0 Å². The van der Waals surface area contributed by atoms with Crippen LogP contribution >= 0.6 is 0 Å². The van der Waals surface area contributed by atoms with Crippen molar-refractivity contribution in [2.75, 3.05) is 18.7 Å². The second-order valence-corrected chi connectivity index (χ2v) is 5.65. The maximum Gasteiger partial charge on any atom is 0.454 e. The first-order valence-electron chi connectivity index (χ1n) is 7.08. The smallest absolute Gasteiger partial charge is 0.351 e. The quantitative estimate of drug-likeness (QED) is 0.547. The average molecular weight is 363 g/mol. The number of anilines is 1. The van der Waals surface area contributed by atoms with E-state index in [0.717, 1.165) is 0 Å². The van der Waals surface area contributed by atoms with Crippen LogP contribution in [0.1, 0.15) is 22.0 Å². The monoisotopic (exact) mass is 363 g/mol. The van der Waals surface area contributed by atoms with Gasteiger partial charge >= 0.3 is 12.4 Å². The van der Waals surface area contributed by atoms with Gasteiger partial charge in [-0.15, -0.1) is 0 Å². The Labute approximate surface area is 137 Å². The average Bonchev–Trinajstić information content (AvgIpc) is 2.51. The zero-order valence-corrected chi connectivity index (χ0v) is 12.7. The summed E-state index contributed by atoms with van der Waals surface area (Å²) in [7, 11) is 1.46. The van der Waals surface area contributed by atoms with Gasteiger partial charge in [0.1, 0.15) is 6.73 Å². The molecule has 1 atom stereocenters. The molecule has 1 unspecified atom stereocenters. The van der Waals surface area contributed by atoms with E-state index in [-0.39, 0.29) is 23.2 Å². The lowest BCUT2D eigenvalue weighted by atomic mass is 9.92. The summed E-state index contributed by atoms with van der Waals surface area (Å²) in [5, 5.41) is 0.0749. The Bertz CT molecular complexity index is 843. The molecule has 0 radical (unpaired) electrons. The van der Waals surface area contributed by atoms with Crippen LogP contribution in [0.4, 0.5) is 32.0 Å². The molecule has 1 heterocycles. The minimum absolute atomic E-state index is 0.0572. The molecule has 1 aliphatic heterocycles. The van der Waals surface area contributed by atoms with Gasteiger partial charge in [0, 0.05) is 23.6 Å². The molecule has 134 valence electrons. The predicted octanol–water partition coefficient (Wildman–Crippen LogP) is 4.61. The number of rotatable bonds is 1. The maximum absolute atomic E-state index is 13.3. The molecule has 0 spiro atoms. The molecular formula is C16H11F6NO2. The highest BCUT2D eigenvalue weighted by Crippen LogP contribution is 2.47. The van der Waals surface area contributed by atoms with Crippen molar-refractivity contribution in [3.8, 4) is 0 Å². The summed E-state index contributed by atoms with van der Waals surface area (Å²) in [6.07, 6.45) is -12.4. The third-order valence-corrected chi connectivity index (χ3v) is 3.94. The Hall–Kier alpha value is -2.29. The molecule has 25 heavy (non-hydrogen) atoms. The van der Waals surface area contributed by atoms with E-state index in [1.54, 1.807) is 0 Å². The first-order valence-corrected chi connectivity index (χ1v) is 7.08. The number of fused-ring (bicyclic) bond motifs is 3. The van der Waals surface area contributed by atoms with E-state index in [0.29, 0.717) is 6.07 Å². The van der Waals surface area contributed by atoms with Crippen molar-refractivity contribution >= 4 is 22.2 Å². The van der Waals surface area contributed by atoms with E-state index >= 15 is 0 Å². The van der Waals surface area contributed by atoms with Crippen LogP contribution in [0, 0.1) is 0 Å². The second kappa shape index (κ2) is 5.62. The highest BCUT2D eigenvalue weighted by Gasteiger charge is 2.47. The number of ketones is 1. The fraction of sp³-hybridized carbons (Fsp3) is 0.312. The van der Waals surface area contributed by atoms with Gasteiger partial charge in [-0.2, -0.15) is 26.3 Å². The first-order chi connectivity index (χ1) is 11.5. The molecule has 3 rings (SSSR count). The molecule has 0 bridgehead atoms. The fourth-order valence-electron chi connectivity index (χ4n) is 2.96. The molecular weight excluding hydrogens is 352 g/mol. The van der Waals surface area contributed by atoms with Crippen LogP contribution in [0.3, 0.4) is 0 Å². The summed E-state index contributed by atoms with van der Waals surface area (Å²) in [5.41, 5.74) is -1.23. The van der Waals surface area contributed by atoms with Crippen molar-refractivity contribution in [1.29, 1.82) is 0 Å². The number of hydrogen-bond donors (Lipinski definition) is 0. The largest absolute Gasteiger partial charge is 0.454 e. The molecule has 3 nitrogen and oxygen atoms in total. The van der Waals surface area contributed by atoms with Crippen LogP contribution in [0.15, 0.2) is 30.3 Å². The van der Waals surface area contributed by atoms with Gasteiger partial charge in [-0.1, -0.05) is 24.3 Å². The summed E-state index contributed by atoms with van der Waals surface area (Å²) in [5.74, 6) is -2.19. The number of halogens is 6. The third-order valence-electron chi connectivity index (χ3n) is 3.94. The van der Waals surface area contributed by atoms with Gasteiger partial charge in [0.05, 0.1) is 5.69 Å². The van der Waals surface area contributed by atoms with Crippen LogP contribution in [0.25, 0.3) is 10.8 Å². The summed E-state index contributed by atoms with van der Waals surface area (Å²) in [4.78, 5) is 13.1. The molecule has 0 aromatic heterocycles. The lowest BCUT2D eigenvalue weighted by Crippen LogP contribution is -2.36. The van der Waals surface area contributed by atoms with E-state index in [4.69, 9.17) is 4.74 Å². The third kappa shape index (κ3) is 2.92. The predicted molar refractivity (Wildman–Crippen MR) is 77.5 cm³/mol. The summed E-state index contributed by atoms with van der Waals surface area (Å²) in [6, 6.07) is 6.21. The van der Waals surface area contributed by atoms with E-state index in [2.05, 4.69) is 0 Å². The highest BCUT2D eigenvalue weighted by atomic mass is 19.4. The van der Waals surface area contributed by atoms with E-state index in [1.807, 2.05) is 0 Å². The van der Waals surface area contributed by atoms with Gasteiger partial charge in [-0.05, 0) is 11.5 Å². The fourth-order valence-corrected chi connectivity index (χ4v) is 2.96. The van der Waals surface area contributed by atoms with Crippen molar-refractivity contribution in [3.05, 3.63) is 41.5 Å². The summed E-state index contributed by atoms with van der Waals surface area (Å²) >= 11 is 0. The number of alkyl halides is 6. The number of nitrogens with zero attached hydrogens (tertiary/aromatic N) is 1. The van der Waals surface area contributed by atoms with Gasteiger partial charge in [-0.25, -0.2) is 0 Å². The molecule has 1 aliphatic rings. The van der Waals surface area contributed by atoms with Crippen LogP contribution in [0.2, 0.25) is 0 Å². The van der Waals surface area contributed by atoms with Gasteiger partial charge in [0.2, 0.25) is 0 Å². The van der Waals surface area contributed by atoms with Crippen molar-refractivity contribution in [2.45, 2.75) is 18.5 Å². The minimum Gasteiger partial charge on any atom is -0.351 e. The van der Waals surface area contributed by atoms with Crippen molar-refractivity contribution in [3.63, 3.8) is 0 Å². The van der Waals surface area contributed by atoms with Gasteiger partial charge < -0.3 is 9.64 Å². The molecule has 0 saturated carbocycles. The topological polar surface area (TPSA) is 29.5 Å². The lowest BCUT2D eigenvalue weighted by molar-refractivity contribution is -0.225. The molecule has 2 aromatic rings. The number of benzene rings is 2. The Kier molecular flexibility index (Phi) is 3.94. The maximum atomic E-state index is 13.3. The van der Waals surface area contributed by atoms with Crippen molar-refractivity contribution in [1.82, 2.24) is 0 Å². The molecule has 9 heteroatoms. The standard InChI is InChI=1S/C16H11F6NO2/c1-23-7-25-14(16(20,21)22)11-6-10(13(24)15(17,18)19)8-4-2-3-5-9(8)12(11)23/h2-6,14H,7H2,1H3. The van der Waals surface area contributed by atoms with Gasteiger partial charge in [0.25, 0.3) is 5.78 Å². The van der Waals surface area contributed by atoms with E-state index < -0.39 is 35.4 Å². The van der Waals surface area contributed by atoms with Gasteiger partial charge in [0.15, 0.2) is 6.10 Å². The molecule has 0 fully saturated rings. The van der Waals surface area contributed by atoms with E-state index in [9.17, 15) is 31.1 Å². The zero-order chi connectivity index (χ0) is 18.6. The second-order valence-electron chi connectivity index (χ2n) is 5.65. The number of ether oxygens (including phenoxy) is 1. The Morgan fingerprint density at radius 2 is 1.72 bits per heavy atom. The number of carbonyl (C=O) groups excluding carboxylic acids is 1. The highest BCUT2D eigenvalue weighted by molar-refractivity contribution is 6.14. The minimum atomic E-state index is -5.20. The van der Waals surface area contributed by atoms with Crippen molar-refractivity contribution < 1.29 is 35.9 Å². The first kappa shape index (κ1) is 17.5. The van der Waals surface area contributed by atoms with Gasteiger partial charge in [-0.3, -0.25) is 4.79 Å². The Balaban J connectivity index is 2.37. The lowest BCUT2D eigenvalue weighted by Gasteiger charge is -2.35. The SMILES string of the molecule is CN1COC(C(F)(F)F)c2cc(C(=O)C(F)(F)F)c3ccccc3c21. The number of Topliss-reactive ketones (excluding diaryl/α,β-unsaturated/α-hetero) is 1. The van der Waals surface area contributed by atoms with E-state index in [1.165, 1.54) is 36.2 Å². The summed E-state index contributed by atoms with van der Waals surface area (Å²) in [6.45, 7) is -0.381. The van der Waals surface area contributed by atoms with Crippen LogP contribution in [-0.4, -0.2) is 31.9 Å². The number of hydrogen-bond acceptors (Lipinski definition) is 3. The van der Waals surface area contributed by atoms with Crippen LogP contribution < -0.4 is 4.90 Å². The van der Waals surface area contributed by atoms with Crippen LogP contribution in [0.5, 0.6) is 0 Å². The Morgan fingerprint density at radius 1 is 1.12 bits per heavy atom. The normalized spacial score (nSPS) is 18.4. The summed E-state index contributed by atoms with van der Waals surface area (Å²) < 4.78 is 83.2. The molecule has 0 saturated heterocycles. The zero-order valence-electron chi connectivity index (χ0n) is 12.7. The number of carbonyl (C=O) groups is 1. The molecule has 0 aliphatic carbocycles. The Morgan fingerprint density at radius 3 is 2.28 bits per heavy atom. The molecule has 0 N–H and O–H groups in total. The molecule has 2 aromatic carbocycles. The molecule has 0 amide bonds.